The van der Waals surface area contributed by atoms with E-state index in [-0.39, 0.29) is 12.5 Å². The van der Waals surface area contributed by atoms with Crippen LogP contribution in [0.5, 0.6) is 0 Å². The highest BCUT2D eigenvalue weighted by Gasteiger charge is 2.19. The Morgan fingerprint density at radius 3 is 2.90 bits per heavy atom. The zero-order valence-electron chi connectivity index (χ0n) is 11.4. The molecule has 0 aliphatic heterocycles. The number of rotatable bonds is 4. The summed E-state index contributed by atoms with van der Waals surface area (Å²) in [5, 5.41) is 7.31. The molecule has 0 aromatic carbocycles. The molecule has 3 rings (SSSR count). The van der Waals surface area contributed by atoms with Crippen molar-refractivity contribution >= 4 is 11.7 Å². The van der Waals surface area contributed by atoms with E-state index < -0.39 is 0 Å². The summed E-state index contributed by atoms with van der Waals surface area (Å²) in [6.45, 7) is 0.274. The summed E-state index contributed by atoms with van der Waals surface area (Å²) in [6.07, 6.45) is 12.9. The fraction of sp³-hybridized carbons (Fsp3) is 0.500. The molecular weight excluding hydrogens is 254 g/mol. The number of nitrogens with zero attached hydrogens (tertiary/aromatic N) is 4. The molecule has 0 saturated heterocycles. The fourth-order valence-corrected chi connectivity index (χ4v) is 2.76. The Morgan fingerprint density at radius 1 is 1.30 bits per heavy atom. The van der Waals surface area contributed by atoms with Gasteiger partial charge in [0.25, 0.3) is 0 Å². The van der Waals surface area contributed by atoms with Crippen LogP contribution >= 0.6 is 0 Å². The number of imidazole rings is 1. The lowest BCUT2D eigenvalue weighted by Crippen LogP contribution is -2.22. The minimum Gasteiger partial charge on any atom is -0.328 e. The summed E-state index contributed by atoms with van der Waals surface area (Å²) in [5.41, 5.74) is 0. The monoisotopic (exact) mass is 273 g/mol. The van der Waals surface area contributed by atoms with E-state index in [1.54, 1.807) is 29.5 Å². The van der Waals surface area contributed by atoms with Crippen LogP contribution in [0.2, 0.25) is 0 Å². The van der Waals surface area contributed by atoms with Gasteiger partial charge in [0, 0.05) is 18.5 Å². The van der Waals surface area contributed by atoms with Crippen LogP contribution in [0.4, 0.5) is 5.82 Å². The highest BCUT2D eigenvalue weighted by atomic mass is 16.2. The second kappa shape index (κ2) is 5.90. The zero-order valence-corrected chi connectivity index (χ0v) is 11.4. The molecular formula is C14H19N5O. The molecule has 0 bridgehead atoms. The molecule has 0 radical (unpaired) electrons. The van der Waals surface area contributed by atoms with E-state index in [1.165, 1.54) is 19.3 Å². The van der Waals surface area contributed by atoms with E-state index in [0.717, 1.165) is 18.7 Å². The maximum Gasteiger partial charge on any atom is 0.245 e. The third-order valence-electron chi connectivity index (χ3n) is 3.74. The van der Waals surface area contributed by atoms with E-state index in [2.05, 4.69) is 15.4 Å². The lowest BCUT2D eigenvalue weighted by molar-refractivity contribution is -0.116. The maximum atomic E-state index is 12.0. The molecule has 20 heavy (non-hydrogen) atoms. The van der Waals surface area contributed by atoms with Gasteiger partial charge in [0.15, 0.2) is 0 Å². The van der Waals surface area contributed by atoms with Gasteiger partial charge < -0.3 is 9.88 Å². The predicted molar refractivity (Wildman–Crippen MR) is 75.2 cm³/mol. The molecule has 1 saturated carbocycles. The van der Waals surface area contributed by atoms with Crippen LogP contribution in [0.25, 0.3) is 0 Å². The number of carbonyl (C=O) groups is 1. The normalized spacial score (nSPS) is 16.2. The van der Waals surface area contributed by atoms with Gasteiger partial charge in [-0.25, -0.2) is 9.67 Å². The largest absolute Gasteiger partial charge is 0.328 e. The molecule has 1 aliphatic carbocycles. The summed E-state index contributed by atoms with van der Waals surface area (Å²) in [6, 6.07) is 2.28. The van der Waals surface area contributed by atoms with Crippen molar-refractivity contribution in [1.29, 1.82) is 0 Å². The molecule has 2 aromatic rings. The average Bonchev–Trinajstić information content (AvgIpc) is 3.11. The first kappa shape index (κ1) is 12.9. The molecule has 0 spiro atoms. The van der Waals surface area contributed by atoms with Crippen LogP contribution in [-0.4, -0.2) is 25.2 Å². The number of aromatic nitrogens is 4. The second-order valence-corrected chi connectivity index (χ2v) is 5.24. The van der Waals surface area contributed by atoms with Crippen molar-refractivity contribution in [3.05, 3.63) is 31.0 Å². The van der Waals surface area contributed by atoms with Gasteiger partial charge in [-0.2, -0.15) is 5.10 Å². The first-order valence-electron chi connectivity index (χ1n) is 7.12. The van der Waals surface area contributed by atoms with Crippen molar-refractivity contribution in [2.45, 2.75) is 44.7 Å². The van der Waals surface area contributed by atoms with Crippen molar-refractivity contribution < 1.29 is 4.79 Å². The minimum atomic E-state index is -0.0550. The van der Waals surface area contributed by atoms with Gasteiger partial charge in [-0.3, -0.25) is 4.79 Å². The topological polar surface area (TPSA) is 64.7 Å². The molecule has 1 N–H and O–H groups in total. The molecule has 1 fully saturated rings. The Balaban J connectivity index is 1.65. The Bertz CT molecular complexity index is 554. The lowest BCUT2D eigenvalue weighted by Gasteiger charge is -2.23. The standard InChI is InChI=1S/C14H19N5O/c20-14(10-18-9-8-15-11-18)17-13-6-7-16-19(13)12-4-2-1-3-5-12/h6-9,11-12H,1-5,10H2,(H,17,20). The Hall–Kier alpha value is -2.11. The van der Waals surface area contributed by atoms with Crippen molar-refractivity contribution in [2.24, 2.45) is 0 Å². The molecule has 2 aromatic heterocycles. The Kier molecular flexibility index (Phi) is 3.80. The molecule has 1 amide bonds. The maximum absolute atomic E-state index is 12.0. The van der Waals surface area contributed by atoms with E-state index in [9.17, 15) is 4.79 Å². The number of amides is 1. The van der Waals surface area contributed by atoms with Crippen molar-refractivity contribution in [3.63, 3.8) is 0 Å². The molecule has 106 valence electrons. The number of nitrogens with one attached hydrogen (secondary N) is 1. The summed E-state index contributed by atoms with van der Waals surface area (Å²) < 4.78 is 3.71. The van der Waals surface area contributed by atoms with Crippen LogP contribution in [0, 0.1) is 0 Å². The van der Waals surface area contributed by atoms with Gasteiger partial charge in [0.1, 0.15) is 12.4 Å². The van der Waals surface area contributed by atoms with Crippen LogP contribution in [0.15, 0.2) is 31.0 Å². The smallest absolute Gasteiger partial charge is 0.245 e. The number of anilines is 1. The Morgan fingerprint density at radius 2 is 2.15 bits per heavy atom. The van der Waals surface area contributed by atoms with Crippen molar-refractivity contribution in [3.8, 4) is 0 Å². The Labute approximate surface area is 117 Å². The number of carbonyl (C=O) groups excluding carboxylic acids is 1. The zero-order chi connectivity index (χ0) is 13.8. The molecule has 2 heterocycles. The van der Waals surface area contributed by atoms with E-state index in [4.69, 9.17) is 0 Å². The van der Waals surface area contributed by atoms with Crippen molar-refractivity contribution in [2.75, 3.05) is 5.32 Å². The first-order valence-corrected chi connectivity index (χ1v) is 7.12. The van der Waals surface area contributed by atoms with Crippen molar-refractivity contribution in [1.82, 2.24) is 19.3 Å². The number of hydrogen-bond acceptors (Lipinski definition) is 3. The summed E-state index contributed by atoms with van der Waals surface area (Å²) in [5.74, 6) is 0.738. The van der Waals surface area contributed by atoms with Gasteiger partial charge in [0.05, 0.1) is 18.6 Å². The van der Waals surface area contributed by atoms with E-state index in [1.807, 2.05) is 10.7 Å². The van der Waals surface area contributed by atoms with Crippen LogP contribution < -0.4 is 5.32 Å². The fourth-order valence-electron chi connectivity index (χ4n) is 2.76. The molecule has 6 heteroatoms. The average molecular weight is 273 g/mol. The van der Waals surface area contributed by atoms with E-state index >= 15 is 0 Å². The summed E-state index contributed by atoms with van der Waals surface area (Å²) >= 11 is 0. The summed E-state index contributed by atoms with van der Waals surface area (Å²) in [4.78, 5) is 15.9. The minimum absolute atomic E-state index is 0.0550. The predicted octanol–water partition coefficient (Wildman–Crippen LogP) is 2.22. The highest BCUT2D eigenvalue weighted by molar-refractivity contribution is 5.89. The third kappa shape index (κ3) is 2.89. The first-order chi connectivity index (χ1) is 9.83. The van der Waals surface area contributed by atoms with Gasteiger partial charge in [-0.1, -0.05) is 19.3 Å². The molecule has 1 aliphatic rings. The van der Waals surface area contributed by atoms with Gasteiger partial charge in [-0.15, -0.1) is 0 Å². The summed E-state index contributed by atoms with van der Waals surface area (Å²) in [7, 11) is 0. The second-order valence-electron chi connectivity index (χ2n) is 5.24. The lowest BCUT2D eigenvalue weighted by atomic mass is 9.96. The highest BCUT2D eigenvalue weighted by Crippen LogP contribution is 2.29. The third-order valence-corrected chi connectivity index (χ3v) is 3.74. The quantitative estimate of drug-likeness (QED) is 0.929. The SMILES string of the molecule is O=C(Cn1ccnc1)Nc1ccnn1C1CCCCC1. The van der Waals surface area contributed by atoms with Gasteiger partial charge >= 0.3 is 0 Å². The van der Waals surface area contributed by atoms with Crippen LogP contribution in [0.1, 0.15) is 38.1 Å². The number of hydrogen-bond donors (Lipinski definition) is 1. The van der Waals surface area contributed by atoms with Gasteiger partial charge in [0.2, 0.25) is 5.91 Å². The molecule has 0 atom stereocenters. The van der Waals surface area contributed by atoms with E-state index in [0.29, 0.717) is 6.04 Å². The van der Waals surface area contributed by atoms with Gasteiger partial charge in [-0.05, 0) is 12.8 Å². The van der Waals surface area contributed by atoms with Crippen LogP contribution in [0.3, 0.4) is 0 Å². The molecule has 6 nitrogen and oxygen atoms in total. The van der Waals surface area contributed by atoms with Crippen LogP contribution in [-0.2, 0) is 11.3 Å². The molecule has 0 unspecified atom stereocenters.